The van der Waals surface area contributed by atoms with Crippen molar-refractivity contribution < 1.29 is 9.53 Å². The summed E-state index contributed by atoms with van der Waals surface area (Å²) in [6.45, 7) is 2.43. The van der Waals surface area contributed by atoms with Crippen molar-refractivity contribution in [2.24, 2.45) is 0 Å². The van der Waals surface area contributed by atoms with Crippen molar-refractivity contribution >= 4 is 40.7 Å². The van der Waals surface area contributed by atoms with Gasteiger partial charge in [-0.05, 0) is 61.0 Å². The van der Waals surface area contributed by atoms with Crippen LogP contribution in [-0.4, -0.2) is 11.5 Å². The molecule has 3 aromatic carbocycles. The molecule has 0 fully saturated rings. The number of Topliss-reactive ketones (excluding diaryl/α,β-unsaturated/α-hetero) is 1. The monoisotopic (exact) mass is 416 g/mol. The van der Waals surface area contributed by atoms with Crippen LogP contribution in [0.4, 0.5) is 0 Å². The third kappa shape index (κ3) is 5.77. The van der Waals surface area contributed by atoms with E-state index in [2.05, 4.69) is 6.07 Å². The predicted molar refractivity (Wildman–Crippen MR) is 113 cm³/mol. The third-order valence-corrected chi connectivity index (χ3v) is 5.66. The number of ether oxygens (including phenoxy) is 1. The van der Waals surface area contributed by atoms with Crippen molar-refractivity contribution in [3.8, 4) is 5.75 Å². The Morgan fingerprint density at radius 1 is 0.963 bits per heavy atom. The molecule has 0 unspecified atom stereocenters. The highest BCUT2D eigenvalue weighted by molar-refractivity contribution is 8.00. The molecule has 0 aliphatic rings. The van der Waals surface area contributed by atoms with E-state index in [0.717, 1.165) is 10.5 Å². The lowest BCUT2D eigenvalue weighted by atomic mass is 10.1. The van der Waals surface area contributed by atoms with Crippen molar-refractivity contribution in [1.29, 1.82) is 0 Å². The lowest BCUT2D eigenvalue weighted by molar-refractivity contribution is 0.102. The molecule has 0 aliphatic heterocycles. The summed E-state index contributed by atoms with van der Waals surface area (Å²) < 4.78 is 5.75. The van der Waals surface area contributed by atoms with E-state index < -0.39 is 0 Å². The highest BCUT2D eigenvalue weighted by Gasteiger charge is 2.08. The van der Waals surface area contributed by atoms with Gasteiger partial charge >= 0.3 is 0 Å². The quantitative estimate of drug-likeness (QED) is 0.310. The molecular weight excluding hydrogens is 399 g/mol. The number of halogens is 2. The minimum Gasteiger partial charge on any atom is -0.489 e. The Hall–Kier alpha value is -1.94. The third-order valence-electron chi connectivity index (χ3n) is 3.93. The first-order valence-corrected chi connectivity index (χ1v) is 10.1. The molecule has 0 amide bonds. The van der Waals surface area contributed by atoms with E-state index in [4.69, 9.17) is 27.9 Å². The molecule has 0 aliphatic carbocycles. The second kappa shape index (κ2) is 9.32. The first-order valence-electron chi connectivity index (χ1n) is 8.41. The Balaban J connectivity index is 1.54. The molecule has 0 spiro atoms. The van der Waals surface area contributed by atoms with E-state index in [1.807, 2.05) is 43.3 Å². The molecule has 2 nitrogen and oxygen atoms in total. The van der Waals surface area contributed by atoms with Gasteiger partial charge in [-0.15, -0.1) is 11.8 Å². The Labute approximate surface area is 173 Å². The molecule has 0 saturated heterocycles. The highest BCUT2D eigenvalue weighted by atomic mass is 35.5. The zero-order valence-electron chi connectivity index (χ0n) is 14.7. The molecule has 0 N–H and O–H groups in total. The van der Waals surface area contributed by atoms with E-state index in [1.54, 1.807) is 36.0 Å². The molecule has 0 atom stereocenters. The zero-order valence-corrected chi connectivity index (χ0v) is 17.1. The number of hydrogen-bond acceptors (Lipinski definition) is 3. The molecule has 3 rings (SSSR count). The molecule has 27 heavy (non-hydrogen) atoms. The number of benzene rings is 3. The van der Waals surface area contributed by atoms with Crippen LogP contribution in [-0.2, 0) is 6.61 Å². The minimum atomic E-state index is 0.0949. The molecular formula is C22H18Cl2O2S. The number of rotatable bonds is 7. The lowest BCUT2D eigenvalue weighted by Crippen LogP contribution is -2.02. The van der Waals surface area contributed by atoms with Crippen LogP contribution in [0.1, 0.15) is 21.5 Å². The van der Waals surface area contributed by atoms with Crippen molar-refractivity contribution in [2.45, 2.75) is 18.4 Å². The number of hydrogen-bond donors (Lipinski definition) is 0. The van der Waals surface area contributed by atoms with E-state index in [1.165, 1.54) is 5.56 Å². The minimum absolute atomic E-state index is 0.0949. The normalized spacial score (nSPS) is 10.6. The van der Waals surface area contributed by atoms with Crippen LogP contribution in [0, 0.1) is 6.92 Å². The SMILES string of the molecule is Cc1cccc(SCC(=O)c2ccc(OCc3ccc(Cl)c(Cl)c3)cc2)c1. The summed E-state index contributed by atoms with van der Waals surface area (Å²) in [5.74, 6) is 1.20. The first-order chi connectivity index (χ1) is 13.0. The maximum absolute atomic E-state index is 12.4. The highest BCUT2D eigenvalue weighted by Crippen LogP contribution is 2.24. The largest absolute Gasteiger partial charge is 0.489 e. The molecule has 0 aromatic heterocycles. The van der Waals surface area contributed by atoms with Gasteiger partial charge in [0, 0.05) is 10.5 Å². The molecule has 3 aromatic rings. The van der Waals surface area contributed by atoms with Crippen LogP contribution in [0.5, 0.6) is 5.75 Å². The van der Waals surface area contributed by atoms with Crippen LogP contribution in [0.25, 0.3) is 0 Å². The molecule has 0 radical (unpaired) electrons. The molecule has 0 bridgehead atoms. The Morgan fingerprint density at radius 3 is 2.44 bits per heavy atom. The fourth-order valence-electron chi connectivity index (χ4n) is 2.47. The predicted octanol–water partition coefficient (Wildman–Crippen LogP) is 6.86. The van der Waals surface area contributed by atoms with Crippen molar-refractivity contribution in [1.82, 2.24) is 0 Å². The van der Waals surface area contributed by atoms with Gasteiger partial charge in [0.15, 0.2) is 5.78 Å². The van der Waals surface area contributed by atoms with E-state index >= 15 is 0 Å². The second-order valence-corrected chi connectivity index (χ2v) is 7.95. The summed E-state index contributed by atoms with van der Waals surface area (Å²) in [7, 11) is 0. The number of carbonyl (C=O) groups is 1. The van der Waals surface area contributed by atoms with Gasteiger partial charge in [0.1, 0.15) is 12.4 Å². The molecule has 5 heteroatoms. The van der Waals surface area contributed by atoms with Gasteiger partial charge in [0.25, 0.3) is 0 Å². The van der Waals surface area contributed by atoms with E-state index in [-0.39, 0.29) is 5.78 Å². The fourth-order valence-corrected chi connectivity index (χ4v) is 3.70. The van der Waals surface area contributed by atoms with Gasteiger partial charge < -0.3 is 4.74 Å². The average molecular weight is 417 g/mol. The van der Waals surface area contributed by atoms with Gasteiger partial charge in [-0.2, -0.15) is 0 Å². The van der Waals surface area contributed by atoms with Crippen molar-refractivity contribution in [3.05, 3.63) is 93.5 Å². The Kier molecular flexibility index (Phi) is 6.84. The first kappa shape index (κ1) is 19.8. The molecule has 0 saturated carbocycles. The second-order valence-electron chi connectivity index (χ2n) is 6.09. The summed E-state index contributed by atoms with van der Waals surface area (Å²) in [6, 6.07) is 20.7. The van der Waals surface area contributed by atoms with Crippen molar-refractivity contribution in [2.75, 3.05) is 5.75 Å². The fraction of sp³-hybridized carbons (Fsp3) is 0.136. The van der Waals surface area contributed by atoms with Gasteiger partial charge in [0.2, 0.25) is 0 Å². The summed E-state index contributed by atoms with van der Waals surface area (Å²) in [4.78, 5) is 13.5. The maximum Gasteiger partial charge on any atom is 0.173 e. The standard InChI is InChI=1S/C22H18Cl2O2S/c1-15-3-2-4-19(11-15)27-14-22(25)17-6-8-18(9-7-17)26-13-16-5-10-20(23)21(24)12-16/h2-12H,13-14H2,1H3. The Morgan fingerprint density at radius 2 is 1.74 bits per heavy atom. The topological polar surface area (TPSA) is 26.3 Å². The van der Waals surface area contributed by atoms with Gasteiger partial charge in [-0.1, -0.05) is 47.0 Å². The molecule has 0 heterocycles. The van der Waals surface area contributed by atoms with Crippen molar-refractivity contribution in [3.63, 3.8) is 0 Å². The number of ketones is 1. The zero-order chi connectivity index (χ0) is 19.2. The number of aryl methyl sites for hydroxylation is 1. The van der Waals surface area contributed by atoms with Crippen LogP contribution < -0.4 is 4.74 Å². The summed E-state index contributed by atoms with van der Waals surface area (Å²) in [6.07, 6.45) is 0. The summed E-state index contributed by atoms with van der Waals surface area (Å²) >= 11 is 13.5. The average Bonchev–Trinajstić information content (AvgIpc) is 2.67. The van der Waals surface area contributed by atoms with Crippen LogP contribution in [0.3, 0.4) is 0 Å². The van der Waals surface area contributed by atoms with Gasteiger partial charge in [0.05, 0.1) is 15.8 Å². The molecule has 138 valence electrons. The smallest absolute Gasteiger partial charge is 0.173 e. The summed E-state index contributed by atoms with van der Waals surface area (Å²) in [5, 5.41) is 1.02. The lowest BCUT2D eigenvalue weighted by Gasteiger charge is -2.08. The number of carbonyl (C=O) groups excluding carboxylic acids is 1. The Bertz CT molecular complexity index is 939. The van der Waals surface area contributed by atoms with E-state index in [9.17, 15) is 4.79 Å². The maximum atomic E-state index is 12.4. The van der Waals surface area contributed by atoms with Crippen LogP contribution in [0.2, 0.25) is 10.0 Å². The van der Waals surface area contributed by atoms with Gasteiger partial charge in [-0.25, -0.2) is 0 Å². The number of thioether (sulfide) groups is 1. The van der Waals surface area contributed by atoms with E-state index in [0.29, 0.717) is 33.7 Å². The van der Waals surface area contributed by atoms with Crippen LogP contribution in [0.15, 0.2) is 71.6 Å². The van der Waals surface area contributed by atoms with Gasteiger partial charge in [-0.3, -0.25) is 4.79 Å². The summed E-state index contributed by atoms with van der Waals surface area (Å²) in [5.41, 5.74) is 2.80. The van der Waals surface area contributed by atoms with Crippen LogP contribution >= 0.6 is 35.0 Å².